The predicted octanol–water partition coefficient (Wildman–Crippen LogP) is 13.1. The molecule has 0 saturated heterocycles. The highest BCUT2D eigenvalue weighted by atomic mass is 15.2. The smallest absolute Gasteiger partial charge is 0.0405 e. The van der Waals surface area contributed by atoms with Crippen molar-refractivity contribution >= 4 is 11.4 Å². The molecule has 2 fully saturated rings. The van der Waals surface area contributed by atoms with Crippen LogP contribution in [-0.4, -0.2) is 11.4 Å². The standard InChI is InChI=1S/C36H68N2/c1-3-7-11-15-19-23-27-31-35(32-28-24-20-16-12-8-4-1)37-38-36-33-29-25-21-17-13-9-5-2-6-10-14-18-22-26-30-34-36/h1-34H2. The van der Waals surface area contributed by atoms with E-state index in [0.717, 1.165) is 0 Å². The molecule has 0 aliphatic heterocycles. The maximum absolute atomic E-state index is 4.99. The third kappa shape index (κ3) is 21.2. The van der Waals surface area contributed by atoms with Crippen molar-refractivity contribution < 1.29 is 0 Å². The monoisotopic (exact) mass is 529 g/mol. The first-order chi connectivity index (χ1) is 18.9. The molecule has 0 bridgehead atoms. The topological polar surface area (TPSA) is 24.7 Å². The van der Waals surface area contributed by atoms with Crippen LogP contribution in [-0.2, 0) is 0 Å². The molecular weight excluding hydrogens is 460 g/mol. The van der Waals surface area contributed by atoms with Gasteiger partial charge in [-0.1, -0.05) is 167 Å². The molecule has 0 heterocycles. The second-order valence-electron chi connectivity index (χ2n) is 12.9. The average Bonchev–Trinajstić information content (AvgIpc) is 2.93. The number of nitrogens with zero attached hydrogens (tertiary/aromatic N) is 2. The van der Waals surface area contributed by atoms with Gasteiger partial charge in [0.25, 0.3) is 0 Å². The molecule has 0 amide bonds. The summed E-state index contributed by atoms with van der Waals surface area (Å²) in [4.78, 5) is 0. The molecule has 2 saturated carbocycles. The maximum atomic E-state index is 4.99. The van der Waals surface area contributed by atoms with E-state index in [2.05, 4.69) is 0 Å². The molecule has 2 nitrogen and oxygen atoms in total. The van der Waals surface area contributed by atoms with Crippen molar-refractivity contribution in [2.75, 3.05) is 0 Å². The lowest BCUT2D eigenvalue weighted by atomic mass is 10.00. The number of hydrogen-bond acceptors (Lipinski definition) is 2. The average molecular weight is 529 g/mol. The van der Waals surface area contributed by atoms with Gasteiger partial charge >= 0.3 is 0 Å². The van der Waals surface area contributed by atoms with Crippen LogP contribution in [0.2, 0.25) is 0 Å². The normalized spacial score (nSPS) is 23.8. The molecule has 0 aromatic carbocycles. The Morgan fingerprint density at radius 3 is 0.474 bits per heavy atom. The van der Waals surface area contributed by atoms with E-state index in [9.17, 15) is 0 Å². The lowest BCUT2D eigenvalue weighted by Crippen LogP contribution is -2.02. The lowest BCUT2D eigenvalue weighted by Gasteiger charge is -2.09. The maximum Gasteiger partial charge on any atom is 0.0405 e. The van der Waals surface area contributed by atoms with Crippen LogP contribution in [0.5, 0.6) is 0 Å². The van der Waals surface area contributed by atoms with Gasteiger partial charge in [-0.25, -0.2) is 0 Å². The first-order valence-corrected chi connectivity index (χ1v) is 18.1. The zero-order valence-electron chi connectivity index (χ0n) is 25.9. The lowest BCUT2D eigenvalue weighted by molar-refractivity contribution is 0.529. The van der Waals surface area contributed by atoms with Gasteiger partial charge in [0, 0.05) is 11.4 Å². The van der Waals surface area contributed by atoms with Crippen LogP contribution in [0.25, 0.3) is 0 Å². The van der Waals surface area contributed by atoms with Gasteiger partial charge in [0.05, 0.1) is 0 Å². The summed E-state index contributed by atoms with van der Waals surface area (Å²) in [5, 5.41) is 9.99. The van der Waals surface area contributed by atoms with E-state index in [0.29, 0.717) is 0 Å². The fraction of sp³-hybridized carbons (Fsp3) is 0.944. The van der Waals surface area contributed by atoms with E-state index in [1.54, 1.807) is 0 Å². The quantitative estimate of drug-likeness (QED) is 0.302. The number of rotatable bonds is 1. The van der Waals surface area contributed by atoms with Crippen LogP contribution >= 0.6 is 0 Å². The van der Waals surface area contributed by atoms with E-state index >= 15 is 0 Å². The number of hydrogen-bond donors (Lipinski definition) is 0. The fourth-order valence-electron chi connectivity index (χ4n) is 6.50. The zero-order valence-corrected chi connectivity index (χ0v) is 25.9. The Morgan fingerprint density at radius 2 is 0.316 bits per heavy atom. The van der Waals surface area contributed by atoms with Gasteiger partial charge in [-0.15, -0.1) is 0 Å². The first kappa shape index (κ1) is 33.5. The van der Waals surface area contributed by atoms with E-state index < -0.39 is 0 Å². The predicted molar refractivity (Wildman–Crippen MR) is 172 cm³/mol. The van der Waals surface area contributed by atoms with Gasteiger partial charge in [0.15, 0.2) is 0 Å². The van der Waals surface area contributed by atoms with Crippen LogP contribution in [0, 0.1) is 0 Å². The molecule has 0 atom stereocenters. The summed E-state index contributed by atoms with van der Waals surface area (Å²) in [6.45, 7) is 0. The molecule has 222 valence electrons. The minimum atomic E-state index is 1.19. The minimum Gasteiger partial charge on any atom is -0.160 e. The Bertz CT molecular complexity index is 474. The first-order valence-electron chi connectivity index (χ1n) is 18.1. The van der Waals surface area contributed by atoms with E-state index in [1.165, 1.54) is 230 Å². The van der Waals surface area contributed by atoms with Crippen molar-refractivity contribution in [3.8, 4) is 0 Å². The van der Waals surface area contributed by atoms with Crippen LogP contribution in [0.15, 0.2) is 10.2 Å². The molecule has 0 unspecified atom stereocenters. The molecule has 0 aromatic rings. The van der Waals surface area contributed by atoms with Crippen LogP contribution in [0.1, 0.15) is 218 Å². The Hall–Kier alpha value is -0.660. The van der Waals surface area contributed by atoms with Gasteiger partial charge < -0.3 is 0 Å². The van der Waals surface area contributed by atoms with Gasteiger partial charge in [-0.3, -0.25) is 0 Å². The molecule has 2 aliphatic carbocycles. The molecular formula is C36H68N2. The molecule has 0 N–H and O–H groups in total. The molecule has 0 spiro atoms. The van der Waals surface area contributed by atoms with Gasteiger partial charge in [-0.05, 0) is 51.4 Å². The van der Waals surface area contributed by atoms with Crippen molar-refractivity contribution in [2.24, 2.45) is 10.2 Å². The van der Waals surface area contributed by atoms with Crippen LogP contribution < -0.4 is 0 Å². The molecule has 0 aromatic heterocycles. The summed E-state index contributed by atoms with van der Waals surface area (Å²) < 4.78 is 0. The highest BCUT2D eigenvalue weighted by molar-refractivity contribution is 5.88. The van der Waals surface area contributed by atoms with Gasteiger partial charge in [0.2, 0.25) is 0 Å². The minimum absolute atomic E-state index is 1.19. The van der Waals surface area contributed by atoms with Crippen LogP contribution in [0.3, 0.4) is 0 Å². The SMILES string of the molecule is C1CCCCCCCCC(=NN=C2CCCCCCCCCCCCCCCCC2)CCCCCCCC1. The van der Waals surface area contributed by atoms with Gasteiger partial charge in [0.1, 0.15) is 0 Å². The third-order valence-corrected chi connectivity index (χ3v) is 9.19. The van der Waals surface area contributed by atoms with Crippen molar-refractivity contribution in [3.05, 3.63) is 0 Å². The summed E-state index contributed by atoms with van der Waals surface area (Å²) >= 11 is 0. The van der Waals surface area contributed by atoms with Crippen molar-refractivity contribution in [1.82, 2.24) is 0 Å². The second kappa shape index (κ2) is 26.6. The molecule has 2 rings (SSSR count). The Balaban J connectivity index is 1.86. The fourth-order valence-corrected chi connectivity index (χ4v) is 6.50. The Kier molecular flexibility index (Phi) is 23.4. The third-order valence-electron chi connectivity index (χ3n) is 9.19. The van der Waals surface area contributed by atoms with Gasteiger partial charge in [-0.2, -0.15) is 10.2 Å². The Labute approximate surface area is 239 Å². The summed E-state index contributed by atoms with van der Waals surface area (Å²) in [5.41, 5.74) is 2.83. The van der Waals surface area contributed by atoms with Crippen molar-refractivity contribution in [2.45, 2.75) is 218 Å². The highest BCUT2D eigenvalue weighted by Crippen LogP contribution is 2.18. The van der Waals surface area contributed by atoms with E-state index in [-0.39, 0.29) is 0 Å². The summed E-state index contributed by atoms with van der Waals surface area (Å²) in [5.74, 6) is 0. The summed E-state index contributed by atoms with van der Waals surface area (Å²) in [6, 6.07) is 0. The molecule has 2 aliphatic rings. The largest absolute Gasteiger partial charge is 0.160 e. The Morgan fingerprint density at radius 1 is 0.184 bits per heavy atom. The van der Waals surface area contributed by atoms with E-state index in [1.807, 2.05) is 0 Å². The highest BCUT2D eigenvalue weighted by Gasteiger charge is 2.05. The summed E-state index contributed by atoms with van der Waals surface area (Å²) in [6.07, 6.45) is 47.5. The van der Waals surface area contributed by atoms with Crippen molar-refractivity contribution in [3.63, 3.8) is 0 Å². The van der Waals surface area contributed by atoms with Crippen molar-refractivity contribution in [1.29, 1.82) is 0 Å². The zero-order chi connectivity index (χ0) is 26.6. The van der Waals surface area contributed by atoms with E-state index in [4.69, 9.17) is 10.2 Å². The molecule has 2 heteroatoms. The molecule has 38 heavy (non-hydrogen) atoms. The van der Waals surface area contributed by atoms with Crippen LogP contribution in [0.4, 0.5) is 0 Å². The summed E-state index contributed by atoms with van der Waals surface area (Å²) in [7, 11) is 0. The molecule has 0 radical (unpaired) electrons. The second-order valence-corrected chi connectivity index (χ2v) is 12.9.